The maximum absolute atomic E-state index is 9.19. The van der Waals surface area contributed by atoms with Crippen molar-refractivity contribution in [1.82, 2.24) is 0 Å². The molecule has 0 spiro atoms. The Morgan fingerprint density at radius 1 is 0.558 bits per heavy atom. The van der Waals surface area contributed by atoms with Crippen molar-refractivity contribution in [2.75, 3.05) is 6.26 Å². The van der Waals surface area contributed by atoms with E-state index in [1.54, 1.807) is 0 Å². The van der Waals surface area contributed by atoms with Gasteiger partial charge in [0.25, 0.3) is 10.1 Å². The van der Waals surface area contributed by atoms with Gasteiger partial charge in [-0.1, -0.05) is 71.9 Å². The van der Waals surface area contributed by atoms with Crippen molar-refractivity contribution in [3.05, 3.63) is 94.0 Å². The zero-order valence-electron chi connectivity index (χ0n) is 28.2. The fourth-order valence-electron chi connectivity index (χ4n) is 4.08. The van der Waals surface area contributed by atoms with Crippen LogP contribution in [0.1, 0.15) is 74.9 Å². The number of azo groups is 2. The van der Waals surface area contributed by atoms with Gasteiger partial charge in [-0.25, -0.2) is 0 Å². The minimum absolute atomic E-state index is 0.715. The number of hydrogen-bond donors (Lipinski definition) is 1. The second-order valence-electron chi connectivity index (χ2n) is 9.10. The number of hydrogen-bond acceptors (Lipinski definition) is 6. The highest BCUT2D eigenvalue weighted by molar-refractivity contribution is 7.85. The first kappa shape index (κ1) is 39.2. The lowest BCUT2D eigenvalue weighted by molar-refractivity contribution is 0.490. The second-order valence-corrected chi connectivity index (χ2v) is 10.6. The van der Waals surface area contributed by atoms with Gasteiger partial charge in [0, 0.05) is 0 Å². The Hall–Kier alpha value is -3.75. The summed E-state index contributed by atoms with van der Waals surface area (Å²) in [5.41, 5.74) is 10.5. The highest BCUT2D eigenvalue weighted by Gasteiger charge is 2.12. The average Bonchev–Trinajstić information content (AvgIpc) is 2.99. The van der Waals surface area contributed by atoms with Gasteiger partial charge in [-0.3, -0.25) is 4.55 Å². The van der Waals surface area contributed by atoms with Crippen LogP contribution in [0.4, 0.5) is 22.7 Å². The smallest absolute Gasteiger partial charge is 0.261 e. The van der Waals surface area contributed by atoms with Crippen LogP contribution in [-0.2, 0) is 10.1 Å². The first-order valence-corrected chi connectivity index (χ1v) is 16.6. The molecule has 8 heteroatoms. The van der Waals surface area contributed by atoms with E-state index in [2.05, 4.69) is 75.1 Å². The molecule has 0 saturated carbocycles. The highest BCUT2D eigenvalue weighted by atomic mass is 32.2. The topological polar surface area (TPSA) is 104 Å². The monoisotopic (exact) mass is 606 g/mol. The number of nitrogens with zero attached hydrogens (tertiary/aromatic N) is 4. The summed E-state index contributed by atoms with van der Waals surface area (Å²) >= 11 is 0. The van der Waals surface area contributed by atoms with E-state index in [9.17, 15) is 8.42 Å². The standard InChI is InChI=1S/C28H28N4.3C2H6.CH4O3S/c1-17-12-14-25(20(4)19(17)3)31-32-28-18(2)16-23-13-15-26(21(5)27(23)22(28)6)30-29-24-10-8-7-9-11-24;3*1-2;1-5(2,3)4/h7-16H,1-6H3;3*1-2H3;1H3,(H,2,3,4). The van der Waals surface area contributed by atoms with E-state index in [1.165, 1.54) is 22.1 Å². The Balaban J connectivity index is 0.00000141. The van der Waals surface area contributed by atoms with E-state index in [0.717, 1.165) is 44.8 Å². The van der Waals surface area contributed by atoms with E-state index in [0.29, 0.717) is 6.26 Å². The first-order chi connectivity index (χ1) is 20.4. The van der Waals surface area contributed by atoms with Crippen molar-refractivity contribution in [2.24, 2.45) is 20.5 Å². The van der Waals surface area contributed by atoms with Crippen LogP contribution in [0.25, 0.3) is 10.8 Å². The molecule has 4 aromatic carbocycles. The van der Waals surface area contributed by atoms with Crippen LogP contribution >= 0.6 is 0 Å². The van der Waals surface area contributed by atoms with Crippen LogP contribution in [0.3, 0.4) is 0 Å². The molecule has 234 valence electrons. The zero-order chi connectivity index (χ0) is 33.3. The first-order valence-electron chi connectivity index (χ1n) is 14.8. The maximum Gasteiger partial charge on any atom is 0.261 e. The molecule has 0 aliphatic rings. The SMILES string of the molecule is CC.CC.CC.CS(=O)(=O)O.Cc1ccc(N=Nc2c(C)cc3ccc(N=Nc4ccccc4)c(C)c3c2C)c(C)c1C. The molecule has 0 bridgehead atoms. The van der Waals surface area contributed by atoms with Gasteiger partial charge in [-0.15, -0.1) is 5.11 Å². The van der Waals surface area contributed by atoms with Gasteiger partial charge in [0.2, 0.25) is 0 Å². The average molecular weight is 607 g/mol. The molecule has 43 heavy (non-hydrogen) atoms. The van der Waals surface area contributed by atoms with E-state index in [-0.39, 0.29) is 0 Å². The quantitative estimate of drug-likeness (QED) is 0.184. The lowest BCUT2D eigenvalue weighted by Crippen LogP contribution is -1.89. The molecule has 0 heterocycles. The summed E-state index contributed by atoms with van der Waals surface area (Å²) in [4.78, 5) is 0. The molecule has 7 nitrogen and oxygen atoms in total. The third kappa shape index (κ3) is 12.2. The Labute approximate surface area is 260 Å². The van der Waals surface area contributed by atoms with Gasteiger partial charge >= 0.3 is 0 Å². The fourth-order valence-corrected chi connectivity index (χ4v) is 4.08. The van der Waals surface area contributed by atoms with Crippen molar-refractivity contribution >= 4 is 43.6 Å². The van der Waals surface area contributed by atoms with Crippen molar-refractivity contribution in [2.45, 2.75) is 83.1 Å². The lowest BCUT2D eigenvalue weighted by Gasteiger charge is -2.13. The number of fused-ring (bicyclic) bond motifs is 1. The summed E-state index contributed by atoms with van der Waals surface area (Å²) in [6.45, 7) is 24.7. The third-order valence-corrected chi connectivity index (χ3v) is 6.26. The van der Waals surface area contributed by atoms with Crippen LogP contribution in [0.2, 0.25) is 0 Å². The van der Waals surface area contributed by atoms with Crippen molar-refractivity contribution in [3.8, 4) is 0 Å². The molecular formula is C35H50N4O3S. The maximum atomic E-state index is 9.19. The van der Waals surface area contributed by atoms with Crippen LogP contribution in [0.15, 0.2) is 81.1 Å². The normalized spacial score (nSPS) is 10.6. The summed E-state index contributed by atoms with van der Waals surface area (Å²) < 4.78 is 25.9. The fraction of sp³-hybridized carbons (Fsp3) is 0.371. The minimum atomic E-state index is -3.67. The molecule has 0 amide bonds. The third-order valence-electron chi connectivity index (χ3n) is 6.26. The molecule has 0 unspecified atom stereocenters. The number of benzene rings is 4. The van der Waals surface area contributed by atoms with E-state index < -0.39 is 10.1 Å². The van der Waals surface area contributed by atoms with Gasteiger partial charge in [0.05, 0.1) is 29.0 Å². The van der Waals surface area contributed by atoms with Gasteiger partial charge in [0.1, 0.15) is 0 Å². The molecule has 0 aromatic heterocycles. The Kier molecular flexibility index (Phi) is 17.7. The van der Waals surface area contributed by atoms with E-state index >= 15 is 0 Å². The number of aryl methyl sites for hydroxylation is 4. The Bertz CT molecular complexity index is 1600. The largest absolute Gasteiger partial charge is 0.286 e. The van der Waals surface area contributed by atoms with Crippen LogP contribution in [0.5, 0.6) is 0 Å². The molecule has 0 fully saturated rings. The van der Waals surface area contributed by atoms with Gasteiger partial charge in [0.15, 0.2) is 0 Å². The van der Waals surface area contributed by atoms with E-state index in [1.807, 2.05) is 84.0 Å². The summed E-state index contributed by atoms with van der Waals surface area (Å²) in [6, 6.07) is 20.2. The molecule has 0 aliphatic heterocycles. The molecule has 1 N–H and O–H groups in total. The summed E-state index contributed by atoms with van der Waals surface area (Å²) in [6.07, 6.45) is 0.715. The minimum Gasteiger partial charge on any atom is -0.286 e. The van der Waals surface area contributed by atoms with Crippen LogP contribution in [-0.4, -0.2) is 19.2 Å². The summed E-state index contributed by atoms with van der Waals surface area (Å²) in [7, 11) is -3.67. The van der Waals surface area contributed by atoms with Crippen molar-refractivity contribution in [1.29, 1.82) is 0 Å². The van der Waals surface area contributed by atoms with Crippen LogP contribution in [0, 0.1) is 41.5 Å². The van der Waals surface area contributed by atoms with Gasteiger partial charge in [-0.05, 0) is 116 Å². The molecule has 4 aromatic rings. The molecule has 0 radical (unpaired) electrons. The predicted molar refractivity (Wildman–Crippen MR) is 185 cm³/mol. The molecule has 0 aliphatic carbocycles. The number of rotatable bonds is 4. The Morgan fingerprint density at radius 2 is 1.05 bits per heavy atom. The highest BCUT2D eigenvalue weighted by Crippen LogP contribution is 2.38. The molecule has 0 saturated heterocycles. The molecule has 4 rings (SSSR count). The summed E-state index contributed by atoms with van der Waals surface area (Å²) in [5, 5.41) is 20.6. The molecular weight excluding hydrogens is 556 g/mol. The van der Waals surface area contributed by atoms with Crippen LogP contribution < -0.4 is 0 Å². The predicted octanol–water partition coefficient (Wildman–Crippen LogP) is 12.1. The van der Waals surface area contributed by atoms with E-state index in [4.69, 9.17) is 9.67 Å². The lowest BCUT2D eigenvalue weighted by atomic mass is 9.95. The van der Waals surface area contributed by atoms with Gasteiger partial charge in [-0.2, -0.15) is 23.8 Å². The van der Waals surface area contributed by atoms with Crippen molar-refractivity contribution < 1.29 is 13.0 Å². The summed E-state index contributed by atoms with van der Waals surface area (Å²) in [5.74, 6) is 0. The Morgan fingerprint density at radius 3 is 1.60 bits per heavy atom. The van der Waals surface area contributed by atoms with Crippen molar-refractivity contribution in [3.63, 3.8) is 0 Å². The van der Waals surface area contributed by atoms with Gasteiger partial charge < -0.3 is 0 Å². The second kappa shape index (κ2) is 19.4. The molecule has 0 atom stereocenters. The zero-order valence-corrected chi connectivity index (χ0v) is 29.1.